The predicted molar refractivity (Wildman–Crippen MR) is 243 cm³/mol. The van der Waals surface area contributed by atoms with Gasteiger partial charge in [0, 0.05) is 12.8 Å². The minimum atomic E-state index is -0.0872. The zero-order chi connectivity index (χ0) is 40.8. The van der Waals surface area contributed by atoms with Crippen LogP contribution in [0.3, 0.4) is 0 Å². The fraction of sp³-hybridized carbons (Fsp3) is 0.962. The van der Waals surface area contributed by atoms with Crippen LogP contribution in [-0.2, 0) is 19.1 Å². The summed E-state index contributed by atoms with van der Waals surface area (Å²) >= 11 is 0. The number of rotatable bonds is 40. The lowest BCUT2D eigenvalue weighted by Crippen LogP contribution is -2.21. The lowest BCUT2D eigenvalue weighted by Gasteiger charge is -2.19. The number of nitrogens with zero attached hydrogens (tertiary/aromatic N) is 1. The molecule has 6 unspecified atom stereocenters. The smallest absolute Gasteiger partial charge is 0.306 e. The minimum absolute atomic E-state index is 0.0206. The second-order valence-corrected chi connectivity index (χ2v) is 20.0. The highest BCUT2D eigenvalue weighted by Gasteiger charge is 2.36. The van der Waals surface area contributed by atoms with E-state index < -0.39 is 0 Å². The molecule has 0 amide bonds. The third-order valence-corrected chi connectivity index (χ3v) is 14.2. The van der Waals surface area contributed by atoms with Crippen molar-refractivity contribution in [1.29, 1.82) is 0 Å². The summed E-state index contributed by atoms with van der Waals surface area (Å²) in [5, 5.41) is 0. The van der Waals surface area contributed by atoms with E-state index in [2.05, 4.69) is 18.7 Å². The molecule has 0 aromatic rings. The van der Waals surface area contributed by atoms with Crippen molar-refractivity contribution in [3.8, 4) is 0 Å². The van der Waals surface area contributed by atoms with Gasteiger partial charge in [-0.1, -0.05) is 181 Å². The van der Waals surface area contributed by atoms with E-state index in [0.29, 0.717) is 12.8 Å². The molecule has 0 aromatic carbocycles. The highest BCUT2D eigenvalue weighted by Crippen LogP contribution is 2.46. The molecule has 3 aliphatic rings. The van der Waals surface area contributed by atoms with Gasteiger partial charge in [-0.2, -0.15) is 0 Å². The molecule has 5 nitrogen and oxygen atoms in total. The molecule has 0 spiro atoms. The van der Waals surface area contributed by atoms with E-state index in [1.807, 2.05) is 14.1 Å². The van der Waals surface area contributed by atoms with Gasteiger partial charge in [0.1, 0.15) is 12.2 Å². The Morgan fingerprint density at radius 2 is 0.930 bits per heavy atom. The molecule has 0 saturated heterocycles. The Bertz CT molecular complexity index is 937. The highest BCUT2D eigenvalue weighted by molar-refractivity contribution is 5.70. The monoisotopic (exact) mass is 800 g/mol. The Morgan fingerprint density at radius 3 is 1.37 bits per heavy atom. The zero-order valence-corrected chi connectivity index (χ0v) is 38.7. The fourth-order valence-electron chi connectivity index (χ4n) is 10.2. The lowest BCUT2D eigenvalue weighted by molar-refractivity contribution is -0.151. The van der Waals surface area contributed by atoms with E-state index in [1.165, 1.54) is 193 Å². The fourth-order valence-corrected chi connectivity index (χ4v) is 10.2. The van der Waals surface area contributed by atoms with Crippen LogP contribution in [0, 0.1) is 29.6 Å². The number of unbranched alkanes of at least 4 members (excludes halogenated alkanes) is 20. The third-order valence-electron chi connectivity index (χ3n) is 14.2. The van der Waals surface area contributed by atoms with Crippen molar-refractivity contribution in [3.05, 3.63) is 0 Å². The van der Waals surface area contributed by atoms with Gasteiger partial charge < -0.3 is 14.4 Å². The average Bonchev–Trinajstić information content (AvgIpc) is 4.08. The van der Waals surface area contributed by atoms with Gasteiger partial charge in [0.25, 0.3) is 0 Å². The molecule has 0 N–H and O–H groups in total. The Hall–Kier alpha value is -1.10. The van der Waals surface area contributed by atoms with Crippen LogP contribution in [0.4, 0.5) is 0 Å². The first-order valence-corrected chi connectivity index (χ1v) is 25.9. The highest BCUT2D eigenvalue weighted by atomic mass is 16.5. The summed E-state index contributed by atoms with van der Waals surface area (Å²) < 4.78 is 12.0. The summed E-state index contributed by atoms with van der Waals surface area (Å²) in [6.45, 7) is 5.51. The first-order valence-electron chi connectivity index (χ1n) is 25.9. The molecule has 0 aromatic heterocycles. The van der Waals surface area contributed by atoms with Gasteiger partial charge in [-0.05, 0) is 114 Å². The molecule has 334 valence electrons. The van der Waals surface area contributed by atoms with Gasteiger partial charge in [0.05, 0.1) is 0 Å². The molecule has 0 aliphatic heterocycles. The van der Waals surface area contributed by atoms with Crippen molar-refractivity contribution < 1.29 is 19.1 Å². The molecule has 0 radical (unpaired) electrons. The summed E-state index contributed by atoms with van der Waals surface area (Å²) in [5.74, 6) is 4.39. The summed E-state index contributed by atoms with van der Waals surface area (Å²) in [6, 6.07) is 0. The number of carbonyl (C=O) groups excluding carboxylic acids is 2. The number of carbonyl (C=O) groups is 2. The molecule has 3 aliphatic carbocycles. The Balaban J connectivity index is 1.24. The van der Waals surface area contributed by atoms with Gasteiger partial charge in [-0.3, -0.25) is 9.59 Å². The third kappa shape index (κ3) is 26.7. The maximum atomic E-state index is 13.2. The normalized spacial score (nSPS) is 23.2. The molecule has 0 heterocycles. The quantitative estimate of drug-likeness (QED) is 0.0456. The second-order valence-electron chi connectivity index (χ2n) is 20.0. The van der Waals surface area contributed by atoms with Crippen molar-refractivity contribution in [2.45, 2.75) is 270 Å². The van der Waals surface area contributed by atoms with Gasteiger partial charge >= 0.3 is 11.9 Å². The first kappa shape index (κ1) is 50.3. The zero-order valence-electron chi connectivity index (χ0n) is 38.7. The van der Waals surface area contributed by atoms with Gasteiger partial charge in [0.15, 0.2) is 0 Å². The maximum absolute atomic E-state index is 13.2. The molecule has 57 heavy (non-hydrogen) atoms. The number of hydrogen-bond donors (Lipinski definition) is 0. The van der Waals surface area contributed by atoms with Crippen LogP contribution in [0.1, 0.15) is 258 Å². The summed E-state index contributed by atoms with van der Waals surface area (Å²) in [5.41, 5.74) is 0. The number of ether oxygens (including phenoxy) is 2. The summed E-state index contributed by atoms with van der Waals surface area (Å²) in [4.78, 5) is 27.6. The molecule has 3 saturated carbocycles. The standard InChI is InChI=1S/C52H97NO4/c1-5-7-9-11-17-23-30-45-42-47(45)32-25-19-13-15-21-27-34-49(56-52(55)41-44-37-38-50(40-44)57-51(54)36-29-39-53(3)4)35-28-22-16-14-20-26-33-48-43-46(48)31-24-18-12-10-8-6-2/h44-50H,5-43H2,1-4H3. The predicted octanol–water partition coefficient (Wildman–Crippen LogP) is 15.4. The Labute approximate surface area is 355 Å². The van der Waals surface area contributed by atoms with Crippen LogP contribution in [0.2, 0.25) is 0 Å². The molecule has 3 rings (SSSR count). The molecule has 5 heteroatoms. The average molecular weight is 800 g/mol. The molecule has 3 fully saturated rings. The molecule has 0 bridgehead atoms. The van der Waals surface area contributed by atoms with E-state index >= 15 is 0 Å². The van der Waals surface area contributed by atoms with Gasteiger partial charge in [-0.25, -0.2) is 0 Å². The lowest BCUT2D eigenvalue weighted by atomic mass is 10.00. The molecular weight excluding hydrogens is 703 g/mol. The van der Waals surface area contributed by atoms with Gasteiger partial charge in [0.2, 0.25) is 0 Å². The van der Waals surface area contributed by atoms with Crippen molar-refractivity contribution in [2.75, 3.05) is 20.6 Å². The van der Waals surface area contributed by atoms with Crippen LogP contribution in [0.25, 0.3) is 0 Å². The Morgan fingerprint density at radius 1 is 0.509 bits per heavy atom. The van der Waals surface area contributed by atoms with Crippen LogP contribution in [0.5, 0.6) is 0 Å². The van der Waals surface area contributed by atoms with E-state index in [0.717, 1.165) is 68.7 Å². The van der Waals surface area contributed by atoms with Crippen molar-refractivity contribution in [1.82, 2.24) is 4.90 Å². The number of esters is 2. The SMILES string of the molecule is CCCCCCCCC1CC1CCCCCCCCC(CCCCCCCCC1CC1CCCCCCCC)OC(=O)CC1CCC(OC(=O)CCCN(C)C)C1. The van der Waals surface area contributed by atoms with Crippen LogP contribution in [0.15, 0.2) is 0 Å². The van der Waals surface area contributed by atoms with Crippen molar-refractivity contribution >= 4 is 11.9 Å². The van der Waals surface area contributed by atoms with Crippen molar-refractivity contribution in [3.63, 3.8) is 0 Å². The number of hydrogen-bond acceptors (Lipinski definition) is 5. The largest absolute Gasteiger partial charge is 0.462 e. The molecule has 6 atom stereocenters. The van der Waals surface area contributed by atoms with Crippen LogP contribution >= 0.6 is 0 Å². The van der Waals surface area contributed by atoms with E-state index in [-0.39, 0.29) is 30.1 Å². The second kappa shape index (κ2) is 32.6. The molecular formula is C52H97NO4. The minimum Gasteiger partial charge on any atom is -0.462 e. The van der Waals surface area contributed by atoms with E-state index in [1.54, 1.807) is 0 Å². The van der Waals surface area contributed by atoms with E-state index in [9.17, 15) is 9.59 Å². The summed E-state index contributed by atoms with van der Waals surface area (Å²) in [7, 11) is 4.06. The van der Waals surface area contributed by atoms with E-state index in [4.69, 9.17) is 9.47 Å². The van der Waals surface area contributed by atoms with Crippen LogP contribution < -0.4 is 0 Å². The Kier molecular flexibility index (Phi) is 28.8. The maximum Gasteiger partial charge on any atom is 0.306 e. The summed E-state index contributed by atoms with van der Waals surface area (Å²) in [6.07, 6.45) is 48.6. The van der Waals surface area contributed by atoms with Crippen molar-refractivity contribution in [2.24, 2.45) is 29.6 Å². The topological polar surface area (TPSA) is 55.8 Å². The van der Waals surface area contributed by atoms with Crippen LogP contribution in [-0.4, -0.2) is 49.7 Å². The van der Waals surface area contributed by atoms with Gasteiger partial charge in [-0.15, -0.1) is 0 Å². The first-order chi connectivity index (χ1) is 27.9.